The molecule has 4 heteroatoms. The summed E-state index contributed by atoms with van der Waals surface area (Å²) in [6.07, 6.45) is 3.88. The summed E-state index contributed by atoms with van der Waals surface area (Å²) in [5.74, 6) is -0.314. The van der Waals surface area contributed by atoms with Gasteiger partial charge in [-0.1, -0.05) is 18.2 Å². The average molecular weight is 218 g/mol. The van der Waals surface area contributed by atoms with E-state index in [2.05, 4.69) is 9.97 Å². The van der Waals surface area contributed by atoms with Gasteiger partial charge in [-0.2, -0.15) is 0 Å². The van der Waals surface area contributed by atoms with Crippen molar-refractivity contribution in [2.24, 2.45) is 0 Å². The number of aliphatic hydroxyl groups excluding tert-OH is 1. The fourth-order valence-corrected chi connectivity index (χ4v) is 1.46. The summed E-state index contributed by atoms with van der Waals surface area (Å²) in [5.41, 5.74) is 0.923. The van der Waals surface area contributed by atoms with Crippen molar-refractivity contribution < 1.29 is 9.50 Å². The van der Waals surface area contributed by atoms with Crippen LogP contribution in [0.3, 0.4) is 0 Å². The molecule has 82 valence electrons. The van der Waals surface area contributed by atoms with Crippen molar-refractivity contribution in [1.29, 1.82) is 0 Å². The zero-order valence-corrected chi connectivity index (χ0v) is 8.55. The van der Waals surface area contributed by atoms with E-state index < -0.39 is 6.10 Å². The summed E-state index contributed by atoms with van der Waals surface area (Å²) >= 11 is 0. The lowest BCUT2D eigenvalue weighted by atomic mass is 10.1. The van der Waals surface area contributed by atoms with Crippen LogP contribution in [-0.2, 0) is 6.42 Å². The molecule has 1 aromatic heterocycles. The number of aliphatic hydroxyl groups is 1. The quantitative estimate of drug-likeness (QED) is 0.855. The molecule has 0 spiro atoms. The van der Waals surface area contributed by atoms with Crippen LogP contribution in [0.25, 0.3) is 0 Å². The van der Waals surface area contributed by atoms with E-state index in [0.717, 1.165) is 0 Å². The van der Waals surface area contributed by atoms with E-state index in [1.165, 1.54) is 24.7 Å². The topological polar surface area (TPSA) is 46.0 Å². The van der Waals surface area contributed by atoms with Gasteiger partial charge in [-0.05, 0) is 11.6 Å². The van der Waals surface area contributed by atoms with E-state index >= 15 is 0 Å². The van der Waals surface area contributed by atoms with Gasteiger partial charge in [0.2, 0.25) is 0 Å². The van der Waals surface area contributed by atoms with Crippen LogP contribution >= 0.6 is 0 Å². The van der Waals surface area contributed by atoms with E-state index in [1.807, 2.05) is 0 Å². The standard InChI is InChI=1S/C12H11FN2O/c13-10-4-2-1-3-9(10)7-12(16)11-8-14-5-6-15-11/h1-6,8,12,16H,7H2. The minimum absolute atomic E-state index is 0.200. The van der Waals surface area contributed by atoms with Gasteiger partial charge < -0.3 is 5.11 Å². The fraction of sp³-hybridized carbons (Fsp3) is 0.167. The molecule has 1 unspecified atom stereocenters. The van der Waals surface area contributed by atoms with E-state index in [4.69, 9.17) is 0 Å². The first-order chi connectivity index (χ1) is 7.77. The Morgan fingerprint density at radius 2 is 2.06 bits per heavy atom. The molecule has 0 aliphatic heterocycles. The normalized spacial score (nSPS) is 12.4. The first-order valence-electron chi connectivity index (χ1n) is 4.95. The summed E-state index contributed by atoms with van der Waals surface area (Å²) in [4.78, 5) is 7.82. The molecule has 1 N–H and O–H groups in total. The van der Waals surface area contributed by atoms with E-state index in [1.54, 1.807) is 18.2 Å². The van der Waals surface area contributed by atoms with E-state index in [9.17, 15) is 9.50 Å². The molecule has 0 aliphatic carbocycles. The van der Waals surface area contributed by atoms with Crippen molar-refractivity contribution in [1.82, 2.24) is 9.97 Å². The van der Waals surface area contributed by atoms with Gasteiger partial charge in [-0.3, -0.25) is 9.97 Å². The molecule has 0 radical (unpaired) electrons. The van der Waals surface area contributed by atoms with Crippen molar-refractivity contribution in [3.05, 3.63) is 59.9 Å². The molecule has 0 fully saturated rings. The van der Waals surface area contributed by atoms with Gasteiger partial charge in [0.15, 0.2) is 0 Å². The molecular weight excluding hydrogens is 207 g/mol. The predicted octanol–water partition coefficient (Wildman–Crippen LogP) is 1.89. The van der Waals surface area contributed by atoms with Crippen molar-refractivity contribution in [3.63, 3.8) is 0 Å². The Morgan fingerprint density at radius 1 is 1.25 bits per heavy atom. The van der Waals surface area contributed by atoms with Crippen LogP contribution in [0.4, 0.5) is 4.39 Å². The van der Waals surface area contributed by atoms with Gasteiger partial charge in [0.05, 0.1) is 11.9 Å². The number of hydrogen-bond acceptors (Lipinski definition) is 3. The third-order valence-corrected chi connectivity index (χ3v) is 2.30. The Labute approximate surface area is 92.6 Å². The maximum absolute atomic E-state index is 13.3. The highest BCUT2D eigenvalue weighted by molar-refractivity contribution is 5.19. The van der Waals surface area contributed by atoms with Crippen LogP contribution < -0.4 is 0 Å². The van der Waals surface area contributed by atoms with Crippen LogP contribution in [0.15, 0.2) is 42.9 Å². The Hall–Kier alpha value is -1.81. The van der Waals surface area contributed by atoms with Gasteiger partial charge in [-0.25, -0.2) is 4.39 Å². The van der Waals surface area contributed by atoms with Crippen LogP contribution in [0, 0.1) is 5.82 Å². The lowest BCUT2D eigenvalue weighted by molar-refractivity contribution is 0.172. The minimum atomic E-state index is -0.828. The minimum Gasteiger partial charge on any atom is -0.386 e. The summed E-state index contributed by atoms with van der Waals surface area (Å²) in [7, 11) is 0. The third kappa shape index (κ3) is 2.41. The smallest absolute Gasteiger partial charge is 0.126 e. The third-order valence-electron chi connectivity index (χ3n) is 2.30. The molecule has 0 saturated heterocycles. The highest BCUT2D eigenvalue weighted by Crippen LogP contribution is 2.17. The summed E-state index contributed by atoms with van der Waals surface area (Å²) in [5, 5.41) is 9.83. The molecule has 1 atom stereocenters. The highest BCUT2D eigenvalue weighted by Gasteiger charge is 2.12. The van der Waals surface area contributed by atoms with Gasteiger partial charge >= 0.3 is 0 Å². The lowest BCUT2D eigenvalue weighted by Gasteiger charge is -2.09. The Morgan fingerprint density at radius 3 is 2.75 bits per heavy atom. The van der Waals surface area contributed by atoms with Gasteiger partial charge in [-0.15, -0.1) is 0 Å². The SMILES string of the molecule is OC(Cc1ccccc1F)c1cnccn1. The van der Waals surface area contributed by atoms with Crippen LogP contribution in [0.1, 0.15) is 17.4 Å². The van der Waals surface area contributed by atoms with Crippen molar-refractivity contribution in [3.8, 4) is 0 Å². The van der Waals surface area contributed by atoms with Crippen molar-refractivity contribution in [2.75, 3.05) is 0 Å². The average Bonchev–Trinajstić information content (AvgIpc) is 2.33. The Balaban J connectivity index is 2.14. The number of halogens is 1. The number of rotatable bonds is 3. The number of nitrogens with zero attached hydrogens (tertiary/aromatic N) is 2. The molecule has 16 heavy (non-hydrogen) atoms. The van der Waals surface area contributed by atoms with Crippen molar-refractivity contribution >= 4 is 0 Å². The van der Waals surface area contributed by atoms with Crippen LogP contribution in [0.5, 0.6) is 0 Å². The molecular formula is C12H11FN2O. The Bertz CT molecular complexity index is 462. The van der Waals surface area contributed by atoms with Crippen molar-refractivity contribution in [2.45, 2.75) is 12.5 Å². The van der Waals surface area contributed by atoms with E-state index in [-0.39, 0.29) is 12.2 Å². The second kappa shape index (κ2) is 4.81. The van der Waals surface area contributed by atoms with Gasteiger partial charge in [0.25, 0.3) is 0 Å². The zero-order chi connectivity index (χ0) is 11.4. The molecule has 1 heterocycles. The van der Waals surface area contributed by atoms with Crippen LogP contribution in [0.2, 0.25) is 0 Å². The molecule has 2 aromatic rings. The molecule has 0 saturated carbocycles. The number of benzene rings is 1. The second-order valence-corrected chi connectivity index (χ2v) is 3.44. The summed E-state index contributed by atoms with van der Waals surface area (Å²) in [6, 6.07) is 6.38. The lowest BCUT2D eigenvalue weighted by Crippen LogP contribution is -2.05. The number of aromatic nitrogens is 2. The summed E-state index contributed by atoms with van der Waals surface area (Å²) in [6.45, 7) is 0. The van der Waals surface area contributed by atoms with Gasteiger partial charge in [0.1, 0.15) is 11.9 Å². The predicted molar refractivity (Wildman–Crippen MR) is 57.1 cm³/mol. The zero-order valence-electron chi connectivity index (χ0n) is 8.55. The number of hydrogen-bond donors (Lipinski definition) is 1. The maximum Gasteiger partial charge on any atom is 0.126 e. The van der Waals surface area contributed by atoms with Gasteiger partial charge in [0, 0.05) is 18.8 Å². The van der Waals surface area contributed by atoms with E-state index in [0.29, 0.717) is 11.3 Å². The second-order valence-electron chi connectivity index (χ2n) is 3.44. The molecule has 2 rings (SSSR count). The highest BCUT2D eigenvalue weighted by atomic mass is 19.1. The summed E-state index contributed by atoms with van der Waals surface area (Å²) < 4.78 is 13.3. The fourth-order valence-electron chi connectivity index (χ4n) is 1.46. The first-order valence-corrected chi connectivity index (χ1v) is 4.95. The molecule has 1 aromatic carbocycles. The largest absolute Gasteiger partial charge is 0.386 e. The molecule has 3 nitrogen and oxygen atoms in total. The molecule has 0 amide bonds. The van der Waals surface area contributed by atoms with Crippen LogP contribution in [-0.4, -0.2) is 15.1 Å². The Kier molecular flexibility index (Phi) is 3.22. The molecule has 0 aliphatic rings. The monoisotopic (exact) mass is 218 g/mol. The molecule has 0 bridgehead atoms. The first kappa shape index (κ1) is 10.7. The maximum atomic E-state index is 13.3.